The molecule has 2 saturated heterocycles. The lowest BCUT2D eigenvalue weighted by Gasteiger charge is -2.50. The van der Waals surface area contributed by atoms with E-state index in [-0.39, 0.29) is 17.9 Å². The van der Waals surface area contributed by atoms with E-state index in [0.717, 1.165) is 45.1 Å². The first kappa shape index (κ1) is 21.2. The molecule has 0 amide bonds. The molecular formula is C21H37NO4. The second-order valence-electron chi connectivity index (χ2n) is 8.80. The molecule has 0 aromatic carbocycles. The quantitative estimate of drug-likeness (QED) is 0.635. The molecule has 2 aliphatic heterocycles. The van der Waals surface area contributed by atoms with Crippen molar-refractivity contribution in [3.63, 3.8) is 0 Å². The summed E-state index contributed by atoms with van der Waals surface area (Å²) in [6, 6.07) is 0.428. The first-order valence-corrected chi connectivity index (χ1v) is 10.4. The zero-order valence-electron chi connectivity index (χ0n) is 17.3. The van der Waals surface area contributed by atoms with Crippen LogP contribution in [-0.4, -0.2) is 47.2 Å². The number of hydrogen-bond donors (Lipinski definition) is 0. The Morgan fingerprint density at radius 3 is 2.54 bits per heavy atom. The minimum Gasteiger partial charge on any atom is -0.465 e. The van der Waals surface area contributed by atoms with Crippen molar-refractivity contribution in [2.45, 2.75) is 103 Å². The number of hydrogen-bond acceptors (Lipinski definition) is 5. The van der Waals surface area contributed by atoms with Gasteiger partial charge in [0.1, 0.15) is 11.1 Å². The fourth-order valence-electron chi connectivity index (χ4n) is 4.83. The fourth-order valence-corrected chi connectivity index (χ4v) is 4.83. The molecule has 0 N–H and O–H groups in total. The number of ether oxygens (including phenoxy) is 2. The van der Waals surface area contributed by atoms with Crippen LogP contribution in [-0.2, 0) is 19.1 Å². The molecule has 26 heavy (non-hydrogen) atoms. The van der Waals surface area contributed by atoms with Crippen LogP contribution in [0, 0.1) is 5.92 Å². The van der Waals surface area contributed by atoms with Gasteiger partial charge < -0.3 is 9.47 Å². The maximum Gasteiger partial charge on any atom is 0.326 e. The number of unbranched alkanes of at least 4 members (excludes halogenated alkanes) is 1. The number of nitrogens with zero attached hydrogens (tertiary/aromatic N) is 1. The van der Waals surface area contributed by atoms with Crippen LogP contribution >= 0.6 is 0 Å². The summed E-state index contributed by atoms with van der Waals surface area (Å²) >= 11 is 0. The summed E-state index contributed by atoms with van der Waals surface area (Å²) in [5.41, 5.74) is -1.13. The van der Waals surface area contributed by atoms with E-state index in [9.17, 15) is 9.59 Å². The van der Waals surface area contributed by atoms with E-state index in [4.69, 9.17) is 9.47 Å². The Morgan fingerprint density at radius 2 is 1.92 bits per heavy atom. The third-order valence-electron chi connectivity index (χ3n) is 5.79. The minimum atomic E-state index is -0.635. The van der Waals surface area contributed by atoms with E-state index < -0.39 is 11.1 Å². The summed E-state index contributed by atoms with van der Waals surface area (Å²) in [4.78, 5) is 28.0. The Bertz CT molecular complexity index is 499. The van der Waals surface area contributed by atoms with Crippen LogP contribution in [0.5, 0.6) is 0 Å². The summed E-state index contributed by atoms with van der Waals surface area (Å²) < 4.78 is 11.1. The van der Waals surface area contributed by atoms with Crippen LogP contribution in [0.4, 0.5) is 0 Å². The molecule has 2 rings (SSSR count). The Balaban J connectivity index is 2.23. The van der Waals surface area contributed by atoms with Crippen molar-refractivity contribution in [3.05, 3.63) is 0 Å². The van der Waals surface area contributed by atoms with E-state index >= 15 is 0 Å². The molecule has 2 fully saturated rings. The van der Waals surface area contributed by atoms with Crippen molar-refractivity contribution in [3.8, 4) is 0 Å². The van der Waals surface area contributed by atoms with Gasteiger partial charge in [-0.15, -0.1) is 0 Å². The molecule has 5 nitrogen and oxygen atoms in total. The predicted molar refractivity (Wildman–Crippen MR) is 102 cm³/mol. The number of fused-ring (bicyclic) bond motifs is 1. The van der Waals surface area contributed by atoms with Crippen LogP contribution in [0.2, 0.25) is 0 Å². The predicted octanol–water partition coefficient (Wildman–Crippen LogP) is 4.08. The van der Waals surface area contributed by atoms with E-state index in [0.29, 0.717) is 19.1 Å². The second kappa shape index (κ2) is 8.73. The molecule has 3 atom stereocenters. The van der Waals surface area contributed by atoms with E-state index in [2.05, 4.69) is 11.8 Å². The van der Waals surface area contributed by atoms with Crippen molar-refractivity contribution >= 4 is 11.9 Å². The SMILES string of the molecule is CCCCC1CCC(CC(=O)OC(C)(C)C)C2(C(=O)OCC)CCCN12. The van der Waals surface area contributed by atoms with Gasteiger partial charge in [0, 0.05) is 6.04 Å². The number of carbonyl (C=O) groups excluding carboxylic acids is 2. The van der Waals surface area contributed by atoms with Gasteiger partial charge in [0.15, 0.2) is 0 Å². The lowest BCUT2D eigenvalue weighted by Crippen LogP contribution is -2.63. The van der Waals surface area contributed by atoms with E-state index in [1.807, 2.05) is 27.7 Å². The second-order valence-corrected chi connectivity index (χ2v) is 8.80. The largest absolute Gasteiger partial charge is 0.465 e. The summed E-state index contributed by atoms with van der Waals surface area (Å²) in [7, 11) is 0. The zero-order chi connectivity index (χ0) is 19.4. The molecule has 2 heterocycles. The van der Waals surface area contributed by atoms with Crippen LogP contribution in [0.25, 0.3) is 0 Å². The normalized spacial score (nSPS) is 29.3. The summed E-state index contributed by atoms with van der Waals surface area (Å²) in [6.07, 6.45) is 7.49. The highest BCUT2D eigenvalue weighted by atomic mass is 16.6. The third-order valence-corrected chi connectivity index (χ3v) is 5.79. The Morgan fingerprint density at radius 1 is 1.19 bits per heavy atom. The molecule has 3 unspecified atom stereocenters. The van der Waals surface area contributed by atoms with E-state index in [1.165, 1.54) is 6.42 Å². The first-order chi connectivity index (χ1) is 12.2. The molecule has 0 aromatic rings. The van der Waals surface area contributed by atoms with Crippen molar-refractivity contribution in [2.75, 3.05) is 13.2 Å². The fraction of sp³-hybridized carbons (Fsp3) is 0.905. The minimum absolute atomic E-state index is 0.0169. The highest BCUT2D eigenvalue weighted by molar-refractivity contribution is 5.83. The van der Waals surface area contributed by atoms with Gasteiger partial charge in [-0.25, -0.2) is 0 Å². The molecule has 0 radical (unpaired) electrons. The van der Waals surface area contributed by atoms with Gasteiger partial charge in [0.05, 0.1) is 13.0 Å². The number of esters is 2. The van der Waals surface area contributed by atoms with Gasteiger partial charge in [0.25, 0.3) is 0 Å². The topological polar surface area (TPSA) is 55.8 Å². The maximum absolute atomic E-state index is 13.1. The highest BCUT2D eigenvalue weighted by Crippen LogP contribution is 2.47. The lowest BCUT2D eigenvalue weighted by atomic mass is 9.71. The molecule has 0 bridgehead atoms. The number of carbonyl (C=O) groups is 2. The van der Waals surface area contributed by atoms with Crippen LogP contribution in [0.1, 0.15) is 86.0 Å². The average molecular weight is 368 g/mol. The van der Waals surface area contributed by atoms with Crippen LogP contribution in [0.15, 0.2) is 0 Å². The van der Waals surface area contributed by atoms with Crippen molar-refractivity contribution in [1.29, 1.82) is 0 Å². The van der Waals surface area contributed by atoms with Gasteiger partial charge >= 0.3 is 11.9 Å². The summed E-state index contributed by atoms with van der Waals surface area (Å²) in [5, 5.41) is 0. The van der Waals surface area contributed by atoms with Gasteiger partial charge in [-0.2, -0.15) is 0 Å². The molecule has 150 valence electrons. The van der Waals surface area contributed by atoms with Crippen molar-refractivity contribution < 1.29 is 19.1 Å². The van der Waals surface area contributed by atoms with Crippen molar-refractivity contribution in [2.24, 2.45) is 5.92 Å². The Hall–Kier alpha value is -1.10. The molecule has 0 saturated carbocycles. The first-order valence-electron chi connectivity index (χ1n) is 10.4. The van der Waals surface area contributed by atoms with E-state index in [1.54, 1.807) is 0 Å². The van der Waals surface area contributed by atoms with Gasteiger partial charge in [0.2, 0.25) is 0 Å². The molecule has 0 aromatic heterocycles. The van der Waals surface area contributed by atoms with Gasteiger partial charge in [-0.05, 0) is 72.3 Å². The Labute approximate surface area is 158 Å². The molecule has 0 aliphatic carbocycles. The van der Waals surface area contributed by atoms with Gasteiger partial charge in [-0.1, -0.05) is 19.8 Å². The van der Waals surface area contributed by atoms with Gasteiger partial charge in [-0.3, -0.25) is 14.5 Å². The monoisotopic (exact) mass is 367 g/mol. The van der Waals surface area contributed by atoms with Crippen LogP contribution in [0.3, 0.4) is 0 Å². The third kappa shape index (κ3) is 4.59. The average Bonchev–Trinajstić information content (AvgIpc) is 2.99. The van der Waals surface area contributed by atoms with Crippen LogP contribution < -0.4 is 0 Å². The molecule has 0 spiro atoms. The summed E-state index contributed by atoms with van der Waals surface area (Å²) in [6.45, 7) is 11.0. The maximum atomic E-state index is 13.1. The molecule has 2 aliphatic rings. The summed E-state index contributed by atoms with van der Waals surface area (Å²) in [5.74, 6) is -0.353. The number of rotatable bonds is 7. The standard InChI is InChI=1S/C21H37NO4/c1-6-8-10-17-12-11-16(15-18(23)26-20(3,4)5)21(19(24)25-7-2)13-9-14-22(17)21/h16-17H,6-15H2,1-5H3. The zero-order valence-corrected chi connectivity index (χ0v) is 17.3. The smallest absolute Gasteiger partial charge is 0.326 e. The lowest BCUT2D eigenvalue weighted by molar-refractivity contribution is -0.170. The molecule has 5 heteroatoms. The Kier molecular flexibility index (Phi) is 7.12. The molecular weight excluding hydrogens is 330 g/mol. The number of piperidine rings is 1. The highest BCUT2D eigenvalue weighted by Gasteiger charge is 2.58. The van der Waals surface area contributed by atoms with Crippen molar-refractivity contribution in [1.82, 2.24) is 4.90 Å².